The maximum atomic E-state index is 12.8. The molecule has 9 nitrogen and oxygen atoms in total. The highest BCUT2D eigenvalue weighted by molar-refractivity contribution is 7.89. The number of primary amides is 1. The van der Waals surface area contributed by atoms with E-state index in [1.165, 1.54) is 24.1 Å². The fourth-order valence-electron chi connectivity index (χ4n) is 2.54. The van der Waals surface area contributed by atoms with Crippen molar-refractivity contribution in [2.45, 2.75) is 17.9 Å². The topological polar surface area (TPSA) is 128 Å². The number of nitrogens with one attached hydrogen (secondary N) is 1. The molecule has 1 aromatic rings. The Morgan fingerprint density at radius 2 is 2.15 bits per heavy atom. The van der Waals surface area contributed by atoms with E-state index < -0.39 is 22.0 Å². The molecule has 3 N–H and O–H groups in total. The van der Waals surface area contributed by atoms with Gasteiger partial charge in [-0.05, 0) is 24.6 Å². The van der Waals surface area contributed by atoms with Crippen LogP contribution in [-0.4, -0.2) is 71.2 Å². The molecule has 1 fully saturated rings. The molecule has 2 rings (SSSR count). The zero-order valence-electron chi connectivity index (χ0n) is 14.7. The molecule has 0 radical (unpaired) electrons. The van der Waals surface area contributed by atoms with E-state index in [0.717, 1.165) is 0 Å². The summed E-state index contributed by atoms with van der Waals surface area (Å²) in [5, 5.41) is 0. The van der Waals surface area contributed by atoms with E-state index in [1.807, 2.05) is 0 Å². The predicted octanol–water partition coefficient (Wildman–Crippen LogP) is -0.754. The Kier molecular flexibility index (Phi) is 6.70. The standard InChI is InChI=1S/C16H23N3O6S/c1-11-3-4-12(26(22,23)18-5-7-24-2)9-13(11)16(21)19-6-8-25-14(10-19)15(17)20/h3-4,9,14,18H,5-8,10H2,1-2H3,(H2,17,20). The lowest BCUT2D eigenvalue weighted by Gasteiger charge is -2.31. The van der Waals surface area contributed by atoms with Crippen molar-refractivity contribution in [3.63, 3.8) is 0 Å². The molecule has 1 unspecified atom stereocenters. The van der Waals surface area contributed by atoms with Crippen LogP contribution in [0.3, 0.4) is 0 Å². The largest absolute Gasteiger partial charge is 0.383 e. The van der Waals surface area contributed by atoms with Crippen molar-refractivity contribution in [3.05, 3.63) is 29.3 Å². The van der Waals surface area contributed by atoms with Crippen LogP contribution in [0.4, 0.5) is 0 Å². The lowest BCUT2D eigenvalue weighted by molar-refractivity contribution is -0.133. The molecule has 2 amide bonds. The molecule has 0 saturated carbocycles. The van der Waals surface area contributed by atoms with Crippen LogP contribution in [0.1, 0.15) is 15.9 Å². The van der Waals surface area contributed by atoms with Gasteiger partial charge in [-0.1, -0.05) is 6.07 Å². The molecular formula is C16H23N3O6S. The van der Waals surface area contributed by atoms with E-state index in [4.69, 9.17) is 15.2 Å². The van der Waals surface area contributed by atoms with E-state index in [-0.39, 0.29) is 42.7 Å². The molecule has 1 aliphatic rings. The fourth-order valence-corrected chi connectivity index (χ4v) is 3.58. The number of nitrogens with zero attached hydrogens (tertiary/aromatic N) is 1. The zero-order chi connectivity index (χ0) is 19.3. The van der Waals surface area contributed by atoms with Gasteiger partial charge in [-0.3, -0.25) is 9.59 Å². The normalized spacial score (nSPS) is 17.9. The van der Waals surface area contributed by atoms with Crippen LogP contribution in [0.2, 0.25) is 0 Å². The van der Waals surface area contributed by atoms with Gasteiger partial charge in [-0.2, -0.15) is 0 Å². The third kappa shape index (κ3) is 4.79. The average molecular weight is 385 g/mol. The average Bonchev–Trinajstić information content (AvgIpc) is 2.61. The Morgan fingerprint density at radius 3 is 2.81 bits per heavy atom. The number of hydrogen-bond donors (Lipinski definition) is 2. The first-order valence-corrected chi connectivity index (χ1v) is 9.54. The van der Waals surface area contributed by atoms with Gasteiger partial charge in [0, 0.05) is 25.8 Å². The quantitative estimate of drug-likeness (QED) is 0.594. The fraction of sp³-hybridized carbons (Fsp3) is 0.500. The number of methoxy groups -OCH3 is 1. The van der Waals surface area contributed by atoms with E-state index in [2.05, 4.69) is 4.72 Å². The van der Waals surface area contributed by atoms with Crippen LogP contribution >= 0.6 is 0 Å². The van der Waals surface area contributed by atoms with Gasteiger partial charge in [0.05, 0.1) is 24.7 Å². The lowest BCUT2D eigenvalue weighted by Crippen LogP contribution is -2.50. The van der Waals surface area contributed by atoms with Gasteiger partial charge in [0.1, 0.15) is 0 Å². The summed E-state index contributed by atoms with van der Waals surface area (Å²) in [6, 6.07) is 4.35. The Labute approximate surface area is 152 Å². The Hall–Kier alpha value is -2.01. The molecule has 0 bridgehead atoms. The predicted molar refractivity (Wildman–Crippen MR) is 93.1 cm³/mol. The smallest absolute Gasteiger partial charge is 0.254 e. The molecule has 0 spiro atoms. The van der Waals surface area contributed by atoms with Crippen LogP contribution in [0.15, 0.2) is 23.1 Å². The molecular weight excluding hydrogens is 362 g/mol. The second-order valence-corrected chi connectivity index (χ2v) is 7.65. The molecule has 1 heterocycles. The van der Waals surface area contributed by atoms with E-state index >= 15 is 0 Å². The first kappa shape index (κ1) is 20.3. The number of ether oxygens (including phenoxy) is 2. The van der Waals surface area contributed by atoms with Crippen LogP contribution in [0, 0.1) is 6.92 Å². The number of amides is 2. The van der Waals surface area contributed by atoms with Crippen molar-refractivity contribution in [2.75, 3.05) is 40.0 Å². The van der Waals surface area contributed by atoms with E-state index in [1.54, 1.807) is 13.0 Å². The number of benzene rings is 1. The molecule has 0 aliphatic carbocycles. The van der Waals surface area contributed by atoms with E-state index in [9.17, 15) is 18.0 Å². The Morgan fingerprint density at radius 1 is 1.42 bits per heavy atom. The highest BCUT2D eigenvalue weighted by atomic mass is 32.2. The third-order valence-corrected chi connectivity index (χ3v) is 5.48. The highest BCUT2D eigenvalue weighted by Crippen LogP contribution is 2.19. The van der Waals surface area contributed by atoms with Crippen molar-refractivity contribution in [2.24, 2.45) is 5.73 Å². The molecule has 10 heteroatoms. The number of morpholine rings is 1. The van der Waals surface area contributed by atoms with Gasteiger partial charge in [0.2, 0.25) is 15.9 Å². The Bertz CT molecular complexity index is 780. The maximum absolute atomic E-state index is 12.8. The Balaban J connectivity index is 2.23. The summed E-state index contributed by atoms with van der Waals surface area (Å²) in [7, 11) is -2.29. The molecule has 1 atom stereocenters. The summed E-state index contributed by atoms with van der Waals surface area (Å²) >= 11 is 0. The van der Waals surface area contributed by atoms with Gasteiger partial charge in [-0.15, -0.1) is 0 Å². The number of rotatable bonds is 7. The zero-order valence-corrected chi connectivity index (χ0v) is 15.5. The SMILES string of the molecule is COCCNS(=O)(=O)c1ccc(C)c(C(=O)N2CCOC(C(N)=O)C2)c1. The summed E-state index contributed by atoms with van der Waals surface area (Å²) in [6.07, 6.45) is -0.865. The highest BCUT2D eigenvalue weighted by Gasteiger charge is 2.29. The van der Waals surface area contributed by atoms with Crippen LogP contribution < -0.4 is 10.5 Å². The second-order valence-electron chi connectivity index (χ2n) is 5.88. The minimum atomic E-state index is -3.76. The van der Waals surface area contributed by atoms with Gasteiger partial charge < -0.3 is 20.1 Å². The minimum Gasteiger partial charge on any atom is -0.383 e. The first-order valence-electron chi connectivity index (χ1n) is 8.05. The summed E-state index contributed by atoms with van der Waals surface area (Å²) in [5.74, 6) is -1.01. The van der Waals surface area contributed by atoms with Crippen molar-refractivity contribution >= 4 is 21.8 Å². The van der Waals surface area contributed by atoms with Gasteiger partial charge >= 0.3 is 0 Å². The molecule has 1 aliphatic heterocycles. The first-order chi connectivity index (χ1) is 12.3. The van der Waals surface area contributed by atoms with Crippen molar-refractivity contribution in [1.82, 2.24) is 9.62 Å². The monoisotopic (exact) mass is 385 g/mol. The van der Waals surface area contributed by atoms with Crippen LogP contribution in [0.25, 0.3) is 0 Å². The molecule has 26 heavy (non-hydrogen) atoms. The second kappa shape index (κ2) is 8.58. The van der Waals surface area contributed by atoms with Crippen molar-refractivity contribution in [1.29, 1.82) is 0 Å². The van der Waals surface area contributed by atoms with Crippen LogP contribution in [-0.2, 0) is 24.3 Å². The molecule has 144 valence electrons. The number of sulfonamides is 1. The van der Waals surface area contributed by atoms with Gasteiger partial charge in [-0.25, -0.2) is 13.1 Å². The number of carbonyl (C=O) groups excluding carboxylic acids is 2. The van der Waals surface area contributed by atoms with E-state index in [0.29, 0.717) is 12.1 Å². The maximum Gasteiger partial charge on any atom is 0.254 e. The summed E-state index contributed by atoms with van der Waals surface area (Å²) in [5.41, 5.74) is 6.12. The number of carbonyl (C=O) groups is 2. The number of nitrogens with two attached hydrogens (primary N) is 1. The number of aryl methyl sites for hydroxylation is 1. The lowest BCUT2D eigenvalue weighted by atomic mass is 10.1. The summed E-state index contributed by atoms with van der Waals surface area (Å²) < 4.78 is 37.1. The van der Waals surface area contributed by atoms with Crippen molar-refractivity contribution in [3.8, 4) is 0 Å². The summed E-state index contributed by atoms with van der Waals surface area (Å²) in [4.78, 5) is 25.5. The summed E-state index contributed by atoms with van der Waals surface area (Å²) in [6.45, 7) is 2.60. The van der Waals surface area contributed by atoms with Crippen molar-refractivity contribution < 1.29 is 27.5 Å². The van der Waals surface area contributed by atoms with Gasteiger partial charge in [0.15, 0.2) is 6.10 Å². The van der Waals surface area contributed by atoms with Crippen LogP contribution in [0.5, 0.6) is 0 Å². The minimum absolute atomic E-state index is 0.0118. The third-order valence-electron chi connectivity index (χ3n) is 4.02. The molecule has 0 aromatic heterocycles. The van der Waals surface area contributed by atoms with Gasteiger partial charge in [0.25, 0.3) is 5.91 Å². The number of hydrogen-bond acceptors (Lipinski definition) is 6. The molecule has 1 aromatic carbocycles. The molecule has 1 saturated heterocycles.